The zero-order chi connectivity index (χ0) is 7.11. The minimum absolute atomic E-state index is 0.0525. The monoisotopic (exact) mass is 119 g/mol. The molecule has 0 aromatic heterocycles. The Balaban J connectivity index is 4.18. The van der Waals surface area contributed by atoms with Gasteiger partial charge < -0.3 is 5.73 Å². The Morgan fingerprint density at radius 1 is 1.33 bits per heavy atom. The van der Waals surface area contributed by atoms with E-state index in [1.807, 2.05) is 0 Å². The Labute approximate surface area is 53.3 Å². The third-order valence-electron chi connectivity index (χ3n) is 0.615. The molecule has 0 aliphatic rings. The lowest BCUT2D eigenvalue weighted by Crippen LogP contribution is -1.74. The molecule has 0 rings (SSSR count). The largest absolute Gasteiger partial charge is 0.405 e. The molecule has 3 heteroatoms. The van der Waals surface area contributed by atoms with E-state index in [9.17, 15) is 0 Å². The fraction of sp³-hybridized carbons (Fsp3) is 0. The Hall–Kier alpha value is -1.74. The number of hydrogen-bond acceptors (Lipinski definition) is 3. The highest BCUT2D eigenvalue weighted by molar-refractivity contribution is 5.37. The van der Waals surface area contributed by atoms with E-state index >= 15 is 0 Å². The van der Waals surface area contributed by atoms with Crippen LogP contribution in [0, 0.1) is 22.7 Å². The van der Waals surface area contributed by atoms with Crippen molar-refractivity contribution >= 4 is 0 Å². The first kappa shape index (κ1) is 7.26. The average Bonchev–Trinajstić information content (AvgIpc) is 1.91. The van der Waals surface area contributed by atoms with Crippen molar-refractivity contribution in [3.63, 3.8) is 0 Å². The predicted octanol–water partition coefficient (Wildman–Crippen LogP) is 0.432. The number of nitrogens with two attached hydrogens (primary N) is 1. The molecule has 0 fully saturated rings. The third-order valence-corrected chi connectivity index (χ3v) is 0.615. The van der Waals surface area contributed by atoms with Crippen molar-refractivity contribution in [3.05, 3.63) is 23.9 Å². The minimum atomic E-state index is 0.0525. The van der Waals surface area contributed by atoms with Gasteiger partial charge in [-0.3, -0.25) is 0 Å². The molecule has 0 atom stereocenters. The van der Waals surface area contributed by atoms with Crippen molar-refractivity contribution in [2.75, 3.05) is 0 Å². The standard InChI is InChI=1S/C6H5N3/c7-3-1-2-6(4-8)5-9/h1-3H,7H2. The van der Waals surface area contributed by atoms with Crippen LogP contribution < -0.4 is 5.73 Å². The van der Waals surface area contributed by atoms with Crippen LogP contribution in [0.4, 0.5) is 0 Å². The van der Waals surface area contributed by atoms with Crippen molar-refractivity contribution in [1.82, 2.24) is 0 Å². The first-order valence-electron chi connectivity index (χ1n) is 2.24. The molecule has 0 aliphatic carbocycles. The van der Waals surface area contributed by atoms with Gasteiger partial charge in [-0.05, 0) is 18.4 Å². The molecule has 0 aromatic rings. The van der Waals surface area contributed by atoms with E-state index in [0.29, 0.717) is 0 Å². The second-order valence-corrected chi connectivity index (χ2v) is 1.19. The van der Waals surface area contributed by atoms with Gasteiger partial charge in [-0.1, -0.05) is 0 Å². The maximum atomic E-state index is 8.14. The summed E-state index contributed by atoms with van der Waals surface area (Å²) >= 11 is 0. The first-order valence-corrected chi connectivity index (χ1v) is 2.24. The topological polar surface area (TPSA) is 73.6 Å². The molecule has 0 radical (unpaired) electrons. The Morgan fingerprint density at radius 3 is 2.22 bits per heavy atom. The Bertz CT molecular complexity index is 195. The Morgan fingerprint density at radius 2 is 1.89 bits per heavy atom. The fourth-order valence-corrected chi connectivity index (χ4v) is 0.251. The summed E-state index contributed by atoms with van der Waals surface area (Å²) in [5.41, 5.74) is 4.99. The summed E-state index contributed by atoms with van der Waals surface area (Å²) in [7, 11) is 0. The van der Waals surface area contributed by atoms with Crippen molar-refractivity contribution in [2.45, 2.75) is 0 Å². The van der Waals surface area contributed by atoms with E-state index in [2.05, 4.69) is 0 Å². The van der Waals surface area contributed by atoms with Gasteiger partial charge in [-0.2, -0.15) is 10.5 Å². The highest BCUT2D eigenvalue weighted by Gasteiger charge is 1.83. The normalized spacial score (nSPS) is 7.78. The molecule has 0 heterocycles. The van der Waals surface area contributed by atoms with Crippen LogP contribution in [0.25, 0.3) is 0 Å². The SMILES string of the molecule is N#CC(C#N)=CC=CN. The van der Waals surface area contributed by atoms with Gasteiger partial charge in [0.15, 0.2) is 0 Å². The summed E-state index contributed by atoms with van der Waals surface area (Å²) < 4.78 is 0. The molecule has 44 valence electrons. The molecular weight excluding hydrogens is 114 g/mol. The van der Waals surface area contributed by atoms with E-state index in [1.54, 1.807) is 12.1 Å². The summed E-state index contributed by atoms with van der Waals surface area (Å²) in [6.07, 6.45) is 4.04. The van der Waals surface area contributed by atoms with Crippen molar-refractivity contribution in [3.8, 4) is 12.1 Å². The number of nitrogens with zero attached hydrogens (tertiary/aromatic N) is 2. The smallest absolute Gasteiger partial charge is 0.129 e. The zero-order valence-electron chi connectivity index (χ0n) is 4.70. The summed E-state index contributed by atoms with van der Waals surface area (Å²) in [5.74, 6) is 0. The fourth-order valence-electron chi connectivity index (χ4n) is 0.251. The molecule has 0 aromatic carbocycles. The highest BCUT2D eigenvalue weighted by atomic mass is 14.5. The van der Waals surface area contributed by atoms with Gasteiger partial charge in [0.05, 0.1) is 0 Å². The molecular formula is C6H5N3. The van der Waals surface area contributed by atoms with E-state index in [-0.39, 0.29) is 5.57 Å². The van der Waals surface area contributed by atoms with E-state index in [0.717, 1.165) is 0 Å². The maximum absolute atomic E-state index is 8.14. The van der Waals surface area contributed by atoms with Crippen LogP contribution >= 0.6 is 0 Å². The van der Waals surface area contributed by atoms with E-state index < -0.39 is 0 Å². The average molecular weight is 119 g/mol. The molecule has 0 unspecified atom stereocenters. The molecule has 2 N–H and O–H groups in total. The van der Waals surface area contributed by atoms with Gasteiger partial charge in [-0.25, -0.2) is 0 Å². The first-order chi connectivity index (χ1) is 4.35. The van der Waals surface area contributed by atoms with Crippen LogP contribution in [-0.2, 0) is 0 Å². The van der Waals surface area contributed by atoms with E-state index in [1.165, 1.54) is 18.4 Å². The van der Waals surface area contributed by atoms with Crippen LogP contribution in [-0.4, -0.2) is 0 Å². The van der Waals surface area contributed by atoms with Gasteiger partial charge in [0.2, 0.25) is 0 Å². The van der Waals surface area contributed by atoms with Crippen LogP contribution in [0.3, 0.4) is 0 Å². The second kappa shape index (κ2) is 4.42. The van der Waals surface area contributed by atoms with Gasteiger partial charge in [0, 0.05) is 0 Å². The lowest BCUT2D eigenvalue weighted by atomic mass is 10.3. The number of allylic oxidation sites excluding steroid dienone is 3. The molecule has 0 amide bonds. The second-order valence-electron chi connectivity index (χ2n) is 1.19. The number of nitriles is 2. The third kappa shape index (κ3) is 2.90. The van der Waals surface area contributed by atoms with Crippen molar-refractivity contribution in [1.29, 1.82) is 10.5 Å². The lowest BCUT2D eigenvalue weighted by molar-refractivity contribution is 1.46. The zero-order valence-corrected chi connectivity index (χ0v) is 4.70. The lowest BCUT2D eigenvalue weighted by Gasteiger charge is -1.72. The summed E-state index contributed by atoms with van der Waals surface area (Å²) in [4.78, 5) is 0. The Kier molecular flexibility index (Phi) is 3.57. The highest BCUT2D eigenvalue weighted by Crippen LogP contribution is 1.87. The van der Waals surface area contributed by atoms with Gasteiger partial charge in [-0.15, -0.1) is 0 Å². The van der Waals surface area contributed by atoms with Crippen LogP contribution in [0.15, 0.2) is 23.9 Å². The van der Waals surface area contributed by atoms with Gasteiger partial charge >= 0.3 is 0 Å². The van der Waals surface area contributed by atoms with Crippen LogP contribution in [0.5, 0.6) is 0 Å². The number of hydrogen-bond donors (Lipinski definition) is 1. The molecule has 3 nitrogen and oxygen atoms in total. The molecule has 0 aliphatic heterocycles. The van der Waals surface area contributed by atoms with Gasteiger partial charge in [0.1, 0.15) is 17.7 Å². The quantitative estimate of drug-likeness (QED) is 0.402. The number of rotatable bonds is 1. The van der Waals surface area contributed by atoms with Crippen molar-refractivity contribution < 1.29 is 0 Å². The minimum Gasteiger partial charge on any atom is -0.405 e. The van der Waals surface area contributed by atoms with Gasteiger partial charge in [0.25, 0.3) is 0 Å². The predicted molar refractivity (Wildman–Crippen MR) is 32.6 cm³/mol. The molecule has 0 bridgehead atoms. The molecule has 0 spiro atoms. The van der Waals surface area contributed by atoms with E-state index in [4.69, 9.17) is 16.3 Å². The molecule has 0 saturated heterocycles. The maximum Gasteiger partial charge on any atom is 0.129 e. The summed E-state index contributed by atoms with van der Waals surface area (Å²) in [5, 5.41) is 16.3. The van der Waals surface area contributed by atoms with Crippen molar-refractivity contribution in [2.24, 2.45) is 5.73 Å². The summed E-state index contributed by atoms with van der Waals surface area (Å²) in [6.45, 7) is 0. The molecule has 9 heavy (non-hydrogen) atoms. The summed E-state index contributed by atoms with van der Waals surface area (Å²) in [6, 6.07) is 3.36. The molecule has 0 saturated carbocycles. The van der Waals surface area contributed by atoms with Crippen LogP contribution in [0.1, 0.15) is 0 Å². The van der Waals surface area contributed by atoms with Crippen LogP contribution in [0.2, 0.25) is 0 Å².